The van der Waals surface area contributed by atoms with Crippen molar-refractivity contribution in [2.24, 2.45) is 0 Å². The number of aromatic carboxylic acids is 1. The number of benzene rings is 2. The van der Waals surface area contributed by atoms with E-state index >= 15 is 0 Å². The maximum atomic E-state index is 13.9. The summed E-state index contributed by atoms with van der Waals surface area (Å²) in [5.41, 5.74) is 2.38. The molecule has 1 fully saturated rings. The molecule has 0 bridgehead atoms. The van der Waals surface area contributed by atoms with Crippen molar-refractivity contribution < 1.29 is 19.1 Å². The zero-order valence-corrected chi connectivity index (χ0v) is 13.8. The third-order valence-electron chi connectivity index (χ3n) is 4.38. The fourth-order valence-electron chi connectivity index (χ4n) is 3.03. The standard InChI is InChI=1S/C19H19FN2O3/c1-11-9-15(19(24)25)16(20)10-14(11)12-4-6-13(7-5-12)22-18(23)17-3-2-8-21-17/h4-7,9-10,17,21H,2-3,8H2,1H3,(H,22,23)(H,24,25)/t17-/m1/s1. The van der Waals surface area contributed by atoms with Gasteiger partial charge in [0.25, 0.3) is 0 Å². The van der Waals surface area contributed by atoms with Crippen LogP contribution in [0, 0.1) is 12.7 Å². The van der Waals surface area contributed by atoms with Gasteiger partial charge in [-0.05, 0) is 67.3 Å². The Morgan fingerprint density at radius 1 is 1.24 bits per heavy atom. The first-order valence-corrected chi connectivity index (χ1v) is 8.14. The van der Waals surface area contributed by atoms with Gasteiger partial charge in [0, 0.05) is 5.69 Å². The Morgan fingerprint density at radius 2 is 1.96 bits per heavy atom. The van der Waals surface area contributed by atoms with Crippen LogP contribution >= 0.6 is 0 Å². The highest BCUT2D eigenvalue weighted by atomic mass is 19.1. The average Bonchev–Trinajstić information content (AvgIpc) is 3.12. The Labute approximate surface area is 144 Å². The molecule has 1 saturated heterocycles. The summed E-state index contributed by atoms with van der Waals surface area (Å²) in [6.45, 7) is 2.59. The zero-order chi connectivity index (χ0) is 18.0. The van der Waals surface area contributed by atoms with Crippen LogP contribution in [0.2, 0.25) is 0 Å². The highest BCUT2D eigenvalue weighted by molar-refractivity contribution is 5.95. The molecule has 6 heteroatoms. The molecule has 3 rings (SSSR count). The van der Waals surface area contributed by atoms with Gasteiger partial charge in [-0.25, -0.2) is 9.18 Å². The van der Waals surface area contributed by atoms with Gasteiger partial charge in [0.1, 0.15) is 5.82 Å². The van der Waals surface area contributed by atoms with Crippen LogP contribution in [-0.2, 0) is 4.79 Å². The van der Waals surface area contributed by atoms with E-state index in [9.17, 15) is 14.0 Å². The molecule has 1 amide bonds. The predicted molar refractivity (Wildman–Crippen MR) is 93.2 cm³/mol. The largest absolute Gasteiger partial charge is 0.478 e. The molecule has 1 atom stereocenters. The van der Waals surface area contributed by atoms with E-state index < -0.39 is 11.8 Å². The Balaban J connectivity index is 1.79. The molecule has 0 aliphatic carbocycles. The number of nitrogens with one attached hydrogen (secondary N) is 2. The van der Waals surface area contributed by atoms with Gasteiger partial charge in [0.05, 0.1) is 11.6 Å². The number of hydrogen-bond acceptors (Lipinski definition) is 3. The third-order valence-corrected chi connectivity index (χ3v) is 4.38. The highest BCUT2D eigenvalue weighted by Crippen LogP contribution is 2.27. The van der Waals surface area contributed by atoms with Crippen molar-refractivity contribution in [2.75, 3.05) is 11.9 Å². The van der Waals surface area contributed by atoms with E-state index in [1.165, 1.54) is 12.1 Å². The Hall–Kier alpha value is -2.73. The van der Waals surface area contributed by atoms with Gasteiger partial charge in [-0.3, -0.25) is 4.79 Å². The van der Waals surface area contributed by atoms with Gasteiger partial charge in [0.15, 0.2) is 0 Å². The summed E-state index contributed by atoms with van der Waals surface area (Å²) in [5, 5.41) is 15.0. The summed E-state index contributed by atoms with van der Waals surface area (Å²) < 4.78 is 13.9. The summed E-state index contributed by atoms with van der Waals surface area (Å²) in [5.74, 6) is -2.11. The van der Waals surface area contributed by atoms with Crippen LogP contribution in [0.15, 0.2) is 36.4 Å². The lowest BCUT2D eigenvalue weighted by molar-refractivity contribution is -0.117. The van der Waals surface area contributed by atoms with Crippen molar-refractivity contribution >= 4 is 17.6 Å². The first-order valence-electron chi connectivity index (χ1n) is 8.14. The van der Waals surface area contributed by atoms with Crippen LogP contribution < -0.4 is 10.6 Å². The molecule has 2 aromatic carbocycles. The zero-order valence-electron chi connectivity index (χ0n) is 13.8. The fraction of sp³-hybridized carbons (Fsp3) is 0.263. The molecule has 2 aromatic rings. The first kappa shape index (κ1) is 17.1. The van der Waals surface area contributed by atoms with E-state index in [1.54, 1.807) is 31.2 Å². The van der Waals surface area contributed by atoms with Gasteiger partial charge in [-0.15, -0.1) is 0 Å². The van der Waals surface area contributed by atoms with Crippen molar-refractivity contribution in [1.82, 2.24) is 5.32 Å². The van der Waals surface area contributed by atoms with Gasteiger partial charge >= 0.3 is 5.97 Å². The summed E-state index contributed by atoms with van der Waals surface area (Å²) >= 11 is 0. The number of carboxylic acids is 1. The second kappa shape index (κ2) is 7.03. The molecule has 0 saturated carbocycles. The lowest BCUT2D eigenvalue weighted by Crippen LogP contribution is -2.35. The third kappa shape index (κ3) is 3.69. The van der Waals surface area contributed by atoms with Crippen molar-refractivity contribution in [3.63, 3.8) is 0 Å². The minimum atomic E-state index is -1.29. The summed E-state index contributed by atoms with van der Waals surface area (Å²) in [6.07, 6.45) is 1.83. The number of rotatable bonds is 4. The molecule has 0 radical (unpaired) electrons. The fourth-order valence-corrected chi connectivity index (χ4v) is 3.03. The minimum Gasteiger partial charge on any atom is -0.478 e. The normalized spacial score (nSPS) is 16.6. The number of halogens is 1. The molecule has 1 aliphatic heterocycles. The van der Waals surface area contributed by atoms with Crippen LogP contribution in [0.25, 0.3) is 11.1 Å². The average molecular weight is 342 g/mol. The van der Waals surface area contributed by atoms with Crippen molar-refractivity contribution in [2.45, 2.75) is 25.8 Å². The van der Waals surface area contributed by atoms with E-state index in [0.717, 1.165) is 24.9 Å². The maximum absolute atomic E-state index is 13.9. The second-order valence-electron chi connectivity index (χ2n) is 6.17. The summed E-state index contributed by atoms with van der Waals surface area (Å²) in [6, 6.07) is 9.47. The van der Waals surface area contributed by atoms with Gasteiger partial charge in [-0.2, -0.15) is 0 Å². The predicted octanol–water partition coefficient (Wildman–Crippen LogP) is 3.19. The van der Waals surface area contributed by atoms with Crippen LogP contribution in [0.4, 0.5) is 10.1 Å². The van der Waals surface area contributed by atoms with Crippen LogP contribution in [0.1, 0.15) is 28.8 Å². The Bertz CT molecular complexity index is 812. The molecule has 5 nitrogen and oxygen atoms in total. The molecule has 0 aromatic heterocycles. The minimum absolute atomic E-state index is 0.0571. The van der Waals surface area contributed by atoms with Crippen molar-refractivity contribution in [3.8, 4) is 11.1 Å². The highest BCUT2D eigenvalue weighted by Gasteiger charge is 2.21. The second-order valence-corrected chi connectivity index (χ2v) is 6.17. The number of aryl methyl sites for hydroxylation is 1. The van der Waals surface area contributed by atoms with Crippen molar-refractivity contribution in [3.05, 3.63) is 53.3 Å². The number of anilines is 1. The molecular weight excluding hydrogens is 323 g/mol. The van der Waals surface area contributed by atoms with Gasteiger partial charge in [0.2, 0.25) is 5.91 Å². The number of carbonyl (C=O) groups excluding carboxylic acids is 1. The first-order chi connectivity index (χ1) is 12.0. The van der Waals surface area contributed by atoms with E-state index in [-0.39, 0.29) is 17.5 Å². The number of hydrogen-bond donors (Lipinski definition) is 3. The molecule has 0 unspecified atom stereocenters. The molecule has 25 heavy (non-hydrogen) atoms. The number of carbonyl (C=O) groups is 2. The van der Waals surface area contributed by atoms with Crippen molar-refractivity contribution in [1.29, 1.82) is 0 Å². The topological polar surface area (TPSA) is 78.4 Å². The Kier molecular flexibility index (Phi) is 4.81. The maximum Gasteiger partial charge on any atom is 0.338 e. The lowest BCUT2D eigenvalue weighted by atomic mass is 9.97. The SMILES string of the molecule is Cc1cc(C(=O)O)c(F)cc1-c1ccc(NC(=O)[C@H]2CCCN2)cc1. The van der Waals surface area contributed by atoms with E-state index in [4.69, 9.17) is 5.11 Å². The van der Waals surface area contributed by atoms with E-state index in [0.29, 0.717) is 16.8 Å². The molecule has 1 heterocycles. The molecule has 1 aliphatic rings. The smallest absolute Gasteiger partial charge is 0.338 e. The van der Waals surface area contributed by atoms with Gasteiger partial charge < -0.3 is 15.7 Å². The monoisotopic (exact) mass is 342 g/mol. The van der Waals surface area contributed by atoms with Crippen LogP contribution in [-0.4, -0.2) is 29.6 Å². The molecular formula is C19H19FN2O3. The summed E-state index contributed by atoms with van der Waals surface area (Å²) in [4.78, 5) is 23.1. The molecule has 3 N–H and O–H groups in total. The van der Waals surface area contributed by atoms with Crippen LogP contribution in [0.5, 0.6) is 0 Å². The lowest BCUT2D eigenvalue weighted by Gasteiger charge is -2.12. The van der Waals surface area contributed by atoms with E-state index in [1.807, 2.05) is 0 Å². The number of amides is 1. The summed E-state index contributed by atoms with van der Waals surface area (Å²) in [7, 11) is 0. The number of carboxylic acid groups (broad SMARTS) is 1. The van der Waals surface area contributed by atoms with Gasteiger partial charge in [-0.1, -0.05) is 12.1 Å². The molecule has 130 valence electrons. The molecule has 0 spiro atoms. The van der Waals surface area contributed by atoms with E-state index in [2.05, 4.69) is 10.6 Å². The Morgan fingerprint density at radius 3 is 2.56 bits per heavy atom. The van der Waals surface area contributed by atoms with Crippen LogP contribution in [0.3, 0.4) is 0 Å². The quantitative estimate of drug-likeness (QED) is 0.797.